The fraction of sp³-hybridized carbons (Fsp3) is 0.960. The molecule has 0 unspecified atom stereocenters. The van der Waals surface area contributed by atoms with Gasteiger partial charge in [0.25, 0.3) is 0 Å². The van der Waals surface area contributed by atoms with E-state index in [1.54, 1.807) is 0 Å². The van der Waals surface area contributed by atoms with Crippen molar-refractivity contribution in [3.8, 4) is 6.07 Å². The molecule has 27 heavy (non-hydrogen) atoms. The molecule has 2 nitrogen and oxygen atoms in total. The predicted molar refractivity (Wildman–Crippen MR) is 108 cm³/mol. The molecule has 0 heterocycles. The van der Waals surface area contributed by atoms with Crippen LogP contribution in [-0.2, 0) is 4.74 Å². The smallest absolute Gasteiger partial charge is 0.0638 e. The topological polar surface area (TPSA) is 33.0 Å². The second-order valence-electron chi connectivity index (χ2n) is 11.6. The lowest BCUT2D eigenvalue weighted by atomic mass is 9.45. The summed E-state index contributed by atoms with van der Waals surface area (Å²) in [4.78, 5) is 0. The molecule has 5 saturated carbocycles. The SMILES string of the molecule is CO[C@@H]1C[C@H]2[C@@H]3CC[C@H]([C@H](C)CCC#N)[C@@]3(C)CC[C@@H]2[C@@]2(C)CC[C@H]3C[C@]312. The summed E-state index contributed by atoms with van der Waals surface area (Å²) in [5.41, 5.74) is 1.61. The first-order valence-corrected chi connectivity index (χ1v) is 11.8. The van der Waals surface area contributed by atoms with Gasteiger partial charge >= 0.3 is 0 Å². The highest BCUT2D eigenvalue weighted by Crippen LogP contribution is 2.82. The summed E-state index contributed by atoms with van der Waals surface area (Å²) in [7, 11) is 2.00. The quantitative estimate of drug-likeness (QED) is 0.590. The maximum absolute atomic E-state index is 9.05. The van der Waals surface area contributed by atoms with Gasteiger partial charge in [-0.3, -0.25) is 0 Å². The van der Waals surface area contributed by atoms with Crippen LogP contribution in [0.3, 0.4) is 0 Å². The normalized spacial score (nSPS) is 56.4. The molecule has 0 aromatic rings. The molecule has 0 aliphatic heterocycles. The van der Waals surface area contributed by atoms with Crippen LogP contribution in [0, 0.1) is 63.1 Å². The number of fused-ring (bicyclic) bond motifs is 4. The number of nitrogens with zero attached hydrogens (tertiary/aromatic N) is 1. The van der Waals surface area contributed by atoms with Crippen molar-refractivity contribution >= 4 is 0 Å². The van der Waals surface area contributed by atoms with Gasteiger partial charge in [-0.1, -0.05) is 20.8 Å². The van der Waals surface area contributed by atoms with Gasteiger partial charge in [-0.2, -0.15) is 5.26 Å². The molecule has 5 aliphatic carbocycles. The first kappa shape index (κ1) is 18.5. The largest absolute Gasteiger partial charge is 0.381 e. The molecule has 10 atom stereocenters. The Hall–Kier alpha value is -0.550. The van der Waals surface area contributed by atoms with Crippen molar-refractivity contribution in [3.63, 3.8) is 0 Å². The van der Waals surface area contributed by atoms with Gasteiger partial charge in [-0.15, -0.1) is 0 Å². The molecular weight excluding hydrogens is 330 g/mol. The maximum atomic E-state index is 9.05. The molecule has 0 bridgehead atoms. The summed E-state index contributed by atoms with van der Waals surface area (Å²) in [5, 5.41) is 9.05. The van der Waals surface area contributed by atoms with Crippen molar-refractivity contribution in [1.29, 1.82) is 5.26 Å². The van der Waals surface area contributed by atoms with E-state index in [4.69, 9.17) is 10.00 Å². The molecule has 5 aliphatic rings. The number of nitriles is 1. The van der Waals surface area contributed by atoms with Gasteiger partial charge in [0.05, 0.1) is 12.2 Å². The minimum atomic E-state index is 0.511. The lowest BCUT2D eigenvalue weighted by molar-refractivity contribution is -0.161. The maximum Gasteiger partial charge on any atom is 0.0638 e. The fourth-order valence-electron chi connectivity index (χ4n) is 10.0. The summed E-state index contributed by atoms with van der Waals surface area (Å²) < 4.78 is 6.24. The zero-order chi connectivity index (χ0) is 19.0. The molecule has 0 amide bonds. The van der Waals surface area contributed by atoms with E-state index < -0.39 is 0 Å². The zero-order valence-electron chi connectivity index (χ0n) is 18.0. The van der Waals surface area contributed by atoms with Gasteiger partial charge in [0, 0.05) is 18.9 Å². The van der Waals surface area contributed by atoms with Crippen molar-refractivity contribution in [2.24, 2.45) is 51.8 Å². The summed E-state index contributed by atoms with van der Waals surface area (Å²) in [6.45, 7) is 7.74. The van der Waals surface area contributed by atoms with E-state index >= 15 is 0 Å². The molecule has 0 aromatic heterocycles. The second-order valence-corrected chi connectivity index (χ2v) is 11.6. The summed E-state index contributed by atoms with van der Waals surface area (Å²) >= 11 is 0. The molecule has 2 heteroatoms. The molecule has 0 N–H and O–H groups in total. The minimum Gasteiger partial charge on any atom is -0.381 e. The van der Waals surface area contributed by atoms with E-state index in [1.165, 1.54) is 51.4 Å². The van der Waals surface area contributed by atoms with E-state index in [9.17, 15) is 0 Å². The van der Waals surface area contributed by atoms with E-state index in [1.807, 2.05) is 7.11 Å². The van der Waals surface area contributed by atoms with Crippen LogP contribution in [0.1, 0.15) is 85.0 Å². The monoisotopic (exact) mass is 369 g/mol. The molecule has 1 spiro atoms. The number of hydrogen-bond donors (Lipinski definition) is 0. The van der Waals surface area contributed by atoms with E-state index in [0.29, 0.717) is 28.3 Å². The Morgan fingerprint density at radius 1 is 1.11 bits per heavy atom. The van der Waals surface area contributed by atoms with Crippen LogP contribution in [0.4, 0.5) is 0 Å². The summed E-state index contributed by atoms with van der Waals surface area (Å²) in [6, 6.07) is 2.39. The van der Waals surface area contributed by atoms with Gasteiger partial charge in [0.1, 0.15) is 0 Å². The number of rotatable bonds is 4. The average molecular weight is 370 g/mol. The minimum absolute atomic E-state index is 0.511. The molecule has 150 valence electrons. The number of methoxy groups -OCH3 is 1. The van der Waals surface area contributed by atoms with Crippen molar-refractivity contribution in [1.82, 2.24) is 0 Å². The van der Waals surface area contributed by atoms with Crippen LogP contribution in [0.5, 0.6) is 0 Å². The van der Waals surface area contributed by atoms with Crippen molar-refractivity contribution in [2.45, 2.75) is 91.1 Å². The summed E-state index contributed by atoms with van der Waals surface area (Å²) in [6.07, 6.45) is 13.8. The molecule has 0 aromatic carbocycles. The van der Waals surface area contributed by atoms with Crippen LogP contribution < -0.4 is 0 Å². The Labute approximate surface area is 166 Å². The Bertz CT molecular complexity index is 653. The highest BCUT2D eigenvalue weighted by atomic mass is 16.5. The van der Waals surface area contributed by atoms with Gasteiger partial charge in [0.15, 0.2) is 0 Å². The molecule has 5 fully saturated rings. The van der Waals surface area contributed by atoms with Crippen molar-refractivity contribution < 1.29 is 4.74 Å². The average Bonchev–Trinajstić information content (AvgIpc) is 3.16. The predicted octanol–water partition coefficient (Wildman–Crippen LogP) is 6.21. The Balaban J connectivity index is 1.43. The van der Waals surface area contributed by atoms with Crippen LogP contribution in [0.25, 0.3) is 0 Å². The van der Waals surface area contributed by atoms with E-state index in [2.05, 4.69) is 26.8 Å². The zero-order valence-corrected chi connectivity index (χ0v) is 18.0. The lowest BCUT2D eigenvalue weighted by Gasteiger charge is -2.61. The highest BCUT2D eigenvalue weighted by Gasteiger charge is 2.77. The van der Waals surface area contributed by atoms with Crippen molar-refractivity contribution in [2.75, 3.05) is 7.11 Å². The van der Waals surface area contributed by atoms with Crippen molar-refractivity contribution in [3.05, 3.63) is 0 Å². The van der Waals surface area contributed by atoms with E-state index in [0.717, 1.165) is 42.4 Å². The first-order valence-electron chi connectivity index (χ1n) is 11.8. The Morgan fingerprint density at radius 2 is 1.93 bits per heavy atom. The third-order valence-electron chi connectivity index (χ3n) is 11.3. The first-order chi connectivity index (χ1) is 12.9. The molecule has 0 saturated heterocycles. The number of ether oxygens (including phenoxy) is 1. The Kier molecular flexibility index (Phi) is 4.09. The standard InChI is InChI=1S/C25H39NO/c1-16(6-5-13-26)19-7-8-20-18-14-22(27-4)25-15-17(25)9-12-24(25,3)21(18)10-11-23(19,20)2/h16-22H,5-12,14-15H2,1-4H3/t16-,17+,18+,19-,20+,21+,22-,23-,24-,25+/m1/s1. The second kappa shape index (κ2) is 5.98. The van der Waals surface area contributed by atoms with E-state index in [-0.39, 0.29) is 0 Å². The van der Waals surface area contributed by atoms with Gasteiger partial charge < -0.3 is 4.74 Å². The van der Waals surface area contributed by atoms with Crippen LogP contribution in [-0.4, -0.2) is 13.2 Å². The lowest BCUT2D eigenvalue weighted by Crippen LogP contribution is -2.57. The fourth-order valence-corrected chi connectivity index (χ4v) is 10.0. The van der Waals surface area contributed by atoms with Crippen LogP contribution >= 0.6 is 0 Å². The third kappa shape index (κ3) is 2.16. The number of hydrogen-bond acceptors (Lipinski definition) is 2. The summed E-state index contributed by atoms with van der Waals surface area (Å²) in [5.74, 6) is 5.25. The molecule has 0 radical (unpaired) electrons. The molecule has 5 rings (SSSR count). The van der Waals surface area contributed by atoms with Crippen LogP contribution in [0.15, 0.2) is 0 Å². The Morgan fingerprint density at radius 3 is 2.63 bits per heavy atom. The van der Waals surface area contributed by atoms with Crippen LogP contribution in [0.2, 0.25) is 0 Å². The van der Waals surface area contributed by atoms with Gasteiger partial charge in [0.2, 0.25) is 0 Å². The third-order valence-corrected chi connectivity index (χ3v) is 11.3. The van der Waals surface area contributed by atoms with Gasteiger partial charge in [-0.25, -0.2) is 0 Å². The van der Waals surface area contributed by atoms with Gasteiger partial charge in [-0.05, 0) is 104 Å². The molecular formula is C25H39NO. The highest BCUT2D eigenvalue weighted by molar-refractivity contribution is 5.26.